The van der Waals surface area contributed by atoms with Gasteiger partial charge in [-0.15, -0.1) is 11.3 Å². The van der Waals surface area contributed by atoms with E-state index < -0.39 is 5.91 Å². The third-order valence-electron chi connectivity index (χ3n) is 4.48. The lowest BCUT2D eigenvalue weighted by Gasteiger charge is -2.18. The fraction of sp³-hybridized carbons (Fsp3) is 0.158. The zero-order valence-corrected chi connectivity index (χ0v) is 17.9. The number of benzene rings is 1. The summed E-state index contributed by atoms with van der Waals surface area (Å²) in [6.07, 6.45) is 4.70. The van der Waals surface area contributed by atoms with Crippen molar-refractivity contribution in [2.24, 2.45) is 5.73 Å². The van der Waals surface area contributed by atoms with Crippen molar-refractivity contribution in [1.82, 2.24) is 9.78 Å². The van der Waals surface area contributed by atoms with Crippen LogP contribution in [0.5, 0.6) is 0 Å². The van der Waals surface area contributed by atoms with E-state index in [9.17, 15) is 4.79 Å². The molecule has 4 rings (SSSR count). The summed E-state index contributed by atoms with van der Waals surface area (Å²) < 4.78 is 2.76. The quantitative estimate of drug-likeness (QED) is 0.499. The number of thiophene rings is 1. The molecule has 0 spiro atoms. The number of nitrogens with zero attached hydrogens (tertiary/aromatic N) is 2. The molecule has 1 aromatic carbocycles. The number of nitrogens with two attached hydrogens (primary N) is 1. The van der Waals surface area contributed by atoms with Crippen molar-refractivity contribution in [1.29, 1.82) is 0 Å². The number of carbonyl (C=O) groups excluding carboxylic acids is 1. The average molecular weight is 483 g/mol. The van der Waals surface area contributed by atoms with E-state index in [1.54, 1.807) is 34.2 Å². The number of fused-ring (bicyclic) bond motifs is 1. The zero-order chi connectivity index (χ0) is 19.1. The SMILES string of the molecule is NC(=O)c1nn(-c2ccc(Cl)cc2Cl)c2c1CCC/C2=C\c1sccc1Br. The highest BCUT2D eigenvalue weighted by atomic mass is 79.9. The van der Waals surface area contributed by atoms with Gasteiger partial charge in [0.1, 0.15) is 0 Å². The molecule has 0 aliphatic heterocycles. The van der Waals surface area contributed by atoms with Crippen molar-refractivity contribution >= 4 is 68.0 Å². The Morgan fingerprint density at radius 2 is 2.11 bits per heavy atom. The van der Waals surface area contributed by atoms with Gasteiger partial charge in [0.15, 0.2) is 5.69 Å². The molecule has 0 unspecified atom stereocenters. The van der Waals surface area contributed by atoms with Gasteiger partial charge in [0.25, 0.3) is 5.91 Å². The molecular weight excluding hydrogens is 469 g/mol. The highest BCUT2D eigenvalue weighted by Gasteiger charge is 2.28. The van der Waals surface area contributed by atoms with E-state index in [-0.39, 0.29) is 0 Å². The number of carbonyl (C=O) groups is 1. The van der Waals surface area contributed by atoms with Crippen molar-refractivity contribution < 1.29 is 4.79 Å². The third-order valence-corrected chi connectivity index (χ3v) is 6.84. The van der Waals surface area contributed by atoms with Gasteiger partial charge in [-0.25, -0.2) is 4.68 Å². The van der Waals surface area contributed by atoms with Crippen LogP contribution in [-0.2, 0) is 6.42 Å². The maximum Gasteiger partial charge on any atom is 0.269 e. The van der Waals surface area contributed by atoms with E-state index in [1.807, 2.05) is 11.4 Å². The Labute approximate surface area is 178 Å². The Morgan fingerprint density at radius 1 is 1.30 bits per heavy atom. The summed E-state index contributed by atoms with van der Waals surface area (Å²) in [6, 6.07) is 7.24. The van der Waals surface area contributed by atoms with Crippen LogP contribution in [0.3, 0.4) is 0 Å². The third kappa shape index (κ3) is 3.47. The smallest absolute Gasteiger partial charge is 0.269 e. The summed E-state index contributed by atoms with van der Waals surface area (Å²) in [5, 5.41) is 7.55. The Morgan fingerprint density at radius 3 is 2.78 bits per heavy atom. The summed E-state index contributed by atoms with van der Waals surface area (Å²) in [4.78, 5) is 13.1. The zero-order valence-electron chi connectivity index (χ0n) is 14.0. The Kier molecular flexibility index (Phi) is 5.16. The predicted octanol–water partition coefficient (Wildman–Crippen LogP) is 5.98. The van der Waals surface area contributed by atoms with Crippen LogP contribution in [-0.4, -0.2) is 15.7 Å². The molecule has 0 saturated heterocycles. The van der Waals surface area contributed by atoms with Gasteiger partial charge in [0.05, 0.1) is 16.4 Å². The molecule has 0 radical (unpaired) electrons. The van der Waals surface area contributed by atoms with Gasteiger partial charge in [-0.1, -0.05) is 23.2 Å². The minimum atomic E-state index is -0.534. The first-order valence-corrected chi connectivity index (χ1v) is 10.7. The van der Waals surface area contributed by atoms with E-state index >= 15 is 0 Å². The van der Waals surface area contributed by atoms with E-state index in [1.165, 1.54) is 0 Å². The van der Waals surface area contributed by atoms with Crippen LogP contribution in [0.4, 0.5) is 0 Å². The normalized spacial score (nSPS) is 15.1. The monoisotopic (exact) mass is 481 g/mol. The lowest BCUT2D eigenvalue weighted by molar-refractivity contribution is 0.0994. The van der Waals surface area contributed by atoms with Crippen LogP contribution in [0.25, 0.3) is 17.3 Å². The van der Waals surface area contributed by atoms with Crippen LogP contribution in [0.15, 0.2) is 34.1 Å². The van der Waals surface area contributed by atoms with E-state index in [0.717, 1.165) is 45.4 Å². The number of rotatable bonds is 3. The van der Waals surface area contributed by atoms with Gasteiger partial charge < -0.3 is 5.73 Å². The molecular formula is C19H14BrCl2N3OS. The molecule has 1 amide bonds. The predicted molar refractivity (Wildman–Crippen MR) is 115 cm³/mol. The molecule has 27 heavy (non-hydrogen) atoms. The summed E-state index contributed by atoms with van der Waals surface area (Å²) in [5.74, 6) is -0.534. The molecule has 2 aromatic heterocycles. The van der Waals surface area contributed by atoms with Gasteiger partial charge in [0.2, 0.25) is 0 Å². The molecule has 2 N–H and O–H groups in total. The first-order valence-electron chi connectivity index (χ1n) is 8.26. The molecule has 0 fully saturated rings. The molecule has 0 bridgehead atoms. The summed E-state index contributed by atoms with van der Waals surface area (Å²) in [5.41, 5.74) is 9.44. The number of allylic oxidation sites excluding steroid dienone is 1. The molecule has 4 nitrogen and oxygen atoms in total. The van der Waals surface area contributed by atoms with Crippen molar-refractivity contribution in [2.45, 2.75) is 19.3 Å². The Hall–Kier alpha value is -1.60. The van der Waals surface area contributed by atoms with Crippen molar-refractivity contribution in [3.05, 3.63) is 66.0 Å². The maximum atomic E-state index is 12.0. The molecule has 0 atom stereocenters. The number of hydrogen-bond acceptors (Lipinski definition) is 3. The van der Waals surface area contributed by atoms with Gasteiger partial charge >= 0.3 is 0 Å². The number of primary amides is 1. The second-order valence-corrected chi connectivity index (χ2v) is 8.85. The first kappa shape index (κ1) is 18.7. The highest BCUT2D eigenvalue weighted by Crippen LogP contribution is 2.38. The van der Waals surface area contributed by atoms with Gasteiger partial charge in [-0.05, 0) is 76.5 Å². The average Bonchev–Trinajstić information content (AvgIpc) is 3.20. The summed E-state index contributed by atoms with van der Waals surface area (Å²) in [6.45, 7) is 0. The molecule has 8 heteroatoms. The minimum Gasteiger partial charge on any atom is -0.364 e. The lowest BCUT2D eigenvalue weighted by Crippen LogP contribution is -2.15. The van der Waals surface area contributed by atoms with E-state index in [2.05, 4.69) is 27.1 Å². The molecule has 138 valence electrons. The molecule has 0 saturated carbocycles. The number of aromatic nitrogens is 2. The molecule has 3 aromatic rings. The van der Waals surface area contributed by atoms with Gasteiger partial charge in [-0.2, -0.15) is 5.10 Å². The molecule has 1 aliphatic carbocycles. The van der Waals surface area contributed by atoms with Crippen molar-refractivity contribution in [2.75, 3.05) is 0 Å². The van der Waals surface area contributed by atoms with E-state index in [0.29, 0.717) is 21.4 Å². The standard InChI is InChI=1S/C19H14BrCl2N3OS/c20-13-6-7-27-16(13)8-10-2-1-3-12-17(19(23)26)24-25(18(10)12)15-5-4-11(21)9-14(15)22/h4-9H,1-3H2,(H2,23,26)/b10-8+. The Balaban J connectivity index is 1.97. The van der Waals surface area contributed by atoms with E-state index in [4.69, 9.17) is 28.9 Å². The highest BCUT2D eigenvalue weighted by molar-refractivity contribution is 9.10. The van der Waals surface area contributed by atoms with Gasteiger partial charge in [0, 0.05) is 19.9 Å². The minimum absolute atomic E-state index is 0.298. The summed E-state index contributed by atoms with van der Waals surface area (Å²) in [7, 11) is 0. The topological polar surface area (TPSA) is 60.9 Å². The van der Waals surface area contributed by atoms with Crippen LogP contribution >= 0.6 is 50.5 Å². The van der Waals surface area contributed by atoms with Crippen LogP contribution in [0, 0.1) is 0 Å². The molecule has 1 aliphatic rings. The van der Waals surface area contributed by atoms with Crippen LogP contribution in [0.1, 0.15) is 39.5 Å². The van der Waals surface area contributed by atoms with Crippen LogP contribution < -0.4 is 5.73 Å². The Bertz CT molecular complexity index is 1090. The second-order valence-electron chi connectivity index (χ2n) is 6.20. The fourth-order valence-corrected chi connectivity index (χ4v) is 5.26. The number of hydrogen-bond donors (Lipinski definition) is 1. The first-order chi connectivity index (χ1) is 13.0. The maximum absolute atomic E-state index is 12.0. The largest absolute Gasteiger partial charge is 0.364 e. The molecule has 2 heterocycles. The van der Waals surface area contributed by atoms with Crippen LogP contribution in [0.2, 0.25) is 10.0 Å². The second kappa shape index (κ2) is 7.43. The van der Waals surface area contributed by atoms with Crippen molar-refractivity contribution in [3.8, 4) is 5.69 Å². The number of halogens is 3. The van der Waals surface area contributed by atoms with Crippen molar-refractivity contribution in [3.63, 3.8) is 0 Å². The summed E-state index contributed by atoms with van der Waals surface area (Å²) >= 11 is 17.7. The van der Waals surface area contributed by atoms with Gasteiger partial charge in [-0.3, -0.25) is 4.79 Å². The number of amides is 1. The lowest BCUT2D eigenvalue weighted by atomic mass is 9.90. The fourth-order valence-electron chi connectivity index (χ4n) is 3.32.